The summed E-state index contributed by atoms with van der Waals surface area (Å²) in [6.07, 6.45) is 3.08. The van der Waals surface area contributed by atoms with Crippen LogP contribution in [-0.4, -0.2) is 12.6 Å². The van der Waals surface area contributed by atoms with E-state index in [1.165, 1.54) is 5.56 Å². The van der Waals surface area contributed by atoms with Crippen molar-refractivity contribution >= 4 is 17.6 Å². The van der Waals surface area contributed by atoms with Crippen molar-refractivity contribution in [3.63, 3.8) is 0 Å². The van der Waals surface area contributed by atoms with Gasteiger partial charge >= 0.3 is 6.03 Å². The summed E-state index contributed by atoms with van der Waals surface area (Å²) in [7, 11) is 0. The average Bonchev–Trinajstić information content (AvgIpc) is 2.55. The molecule has 0 bridgehead atoms. The molecule has 22 heavy (non-hydrogen) atoms. The fourth-order valence-electron chi connectivity index (χ4n) is 2.18. The first-order chi connectivity index (χ1) is 10.8. The van der Waals surface area contributed by atoms with Crippen molar-refractivity contribution in [1.29, 1.82) is 0 Å². The van der Waals surface area contributed by atoms with Crippen molar-refractivity contribution in [2.45, 2.75) is 25.8 Å². The van der Waals surface area contributed by atoms with Crippen molar-refractivity contribution in [3.05, 3.63) is 70.7 Å². The maximum atomic E-state index is 11.7. The second kappa shape index (κ2) is 9.11. The number of urea groups is 1. The van der Waals surface area contributed by atoms with Gasteiger partial charge in [0.15, 0.2) is 0 Å². The summed E-state index contributed by atoms with van der Waals surface area (Å²) in [5.74, 6) is 0. The minimum Gasteiger partial charge on any atom is -0.338 e. The quantitative estimate of drug-likeness (QED) is 0.740. The molecule has 0 aliphatic heterocycles. The molecule has 0 fully saturated rings. The Balaban J connectivity index is 1.57. The molecule has 2 amide bonds. The molecule has 0 spiro atoms. The fraction of sp³-hybridized carbons (Fsp3) is 0.278. The third-order valence-corrected chi connectivity index (χ3v) is 3.79. The van der Waals surface area contributed by atoms with Gasteiger partial charge in [0.05, 0.1) is 0 Å². The van der Waals surface area contributed by atoms with Gasteiger partial charge < -0.3 is 10.6 Å². The van der Waals surface area contributed by atoms with Crippen LogP contribution in [0.15, 0.2) is 54.6 Å². The molecule has 2 rings (SSSR count). The third-order valence-electron chi connectivity index (χ3n) is 3.42. The Labute approximate surface area is 136 Å². The third kappa shape index (κ3) is 5.78. The van der Waals surface area contributed by atoms with E-state index in [1.807, 2.05) is 30.3 Å². The molecule has 0 unspecified atom stereocenters. The molecule has 0 aromatic heterocycles. The highest BCUT2D eigenvalue weighted by Crippen LogP contribution is 2.14. The fourth-order valence-corrected chi connectivity index (χ4v) is 2.38. The Morgan fingerprint density at radius 3 is 2.41 bits per heavy atom. The van der Waals surface area contributed by atoms with Gasteiger partial charge in [-0.2, -0.15) is 0 Å². The summed E-state index contributed by atoms with van der Waals surface area (Å²) in [5.41, 5.74) is 2.26. The Hall–Kier alpha value is -2.00. The molecule has 2 aromatic rings. The van der Waals surface area contributed by atoms with Crippen molar-refractivity contribution in [2.75, 3.05) is 6.54 Å². The van der Waals surface area contributed by atoms with Gasteiger partial charge in [-0.3, -0.25) is 0 Å². The second-order valence-electron chi connectivity index (χ2n) is 5.14. The van der Waals surface area contributed by atoms with E-state index in [0.29, 0.717) is 18.1 Å². The van der Waals surface area contributed by atoms with E-state index in [-0.39, 0.29) is 6.03 Å². The van der Waals surface area contributed by atoms with Gasteiger partial charge in [-0.05, 0) is 36.5 Å². The molecule has 0 saturated heterocycles. The first kappa shape index (κ1) is 16.4. The van der Waals surface area contributed by atoms with Gasteiger partial charge in [-0.15, -0.1) is 0 Å². The number of hydrogen-bond acceptors (Lipinski definition) is 1. The monoisotopic (exact) mass is 316 g/mol. The Bertz CT molecular complexity index is 587. The molecule has 4 heteroatoms. The summed E-state index contributed by atoms with van der Waals surface area (Å²) in [4.78, 5) is 11.7. The molecule has 2 aromatic carbocycles. The maximum Gasteiger partial charge on any atom is 0.315 e. The van der Waals surface area contributed by atoms with Crippen LogP contribution < -0.4 is 10.6 Å². The van der Waals surface area contributed by atoms with Crippen LogP contribution in [0.1, 0.15) is 24.0 Å². The molecule has 0 radical (unpaired) electrons. The zero-order valence-electron chi connectivity index (χ0n) is 12.5. The SMILES string of the molecule is O=C(NCCCCc1ccccc1)NCc1ccccc1Cl. The average molecular weight is 317 g/mol. The summed E-state index contributed by atoms with van der Waals surface area (Å²) < 4.78 is 0. The summed E-state index contributed by atoms with van der Waals surface area (Å²) >= 11 is 6.04. The van der Waals surface area contributed by atoms with Crippen LogP contribution in [0.5, 0.6) is 0 Å². The first-order valence-corrected chi connectivity index (χ1v) is 7.92. The molecule has 116 valence electrons. The van der Waals surface area contributed by atoms with E-state index >= 15 is 0 Å². The number of carbonyl (C=O) groups excluding carboxylic acids is 1. The zero-order valence-corrected chi connectivity index (χ0v) is 13.3. The van der Waals surface area contributed by atoms with E-state index in [4.69, 9.17) is 11.6 Å². The highest BCUT2D eigenvalue weighted by molar-refractivity contribution is 6.31. The lowest BCUT2D eigenvalue weighted by Gasteiger charge is -2.08. The number of rotatable bonds is 7. The van der Waals surface area contributed by atoms with Crippen LogP contribution in [0, 0.1) is 0 Å². The molecule has 3 nitrogen and oxygen atoms in total. The van der Waals surface area contributed by atoms with E-state index in [9.17, 15) is 4.79 Å². The smallest absolute Gasteiger partial charge is 0.315 e. The second-order valence-corrected chi connectivity index (χ2v) is 5.55. The van der Waals surface area contributed by atoms with Crippen LogP contribution in [0.2, 0.25) is 5.02 Å². The van der Waals surface area contributed by atoms with Gasteiger partial charge in [0.25, 0.3) is 0 Å². The lowest BCUT2D eigenvalue weighted by molar-refractivity contribution is 0.240. The van der Waals surface area contributed by atoms with E-state index in [2.05, 4.69) is 34.9 Å². The predicted molar refractivity (Wildman–Crippen MR) is 91.1 cm³/mol. The summed E-state index contributed by atoms with van der Waals surface area (Å²) in [5, 5.41) is 6.35. The zero-order chi connectivity index (χ0) is 15.6. The van der Waals surface area contributed by atoms with Crippen LogP contribution in [0.4, 0.5) is 4.79 Å². The number of aryl methyl sites for hydroxylation is 1. The number of benzene rings is 2. The van der Waals surface area contributed by atoms with E-state index < -0.39 is 0 Å². The molecule has 0 aliphatic carbocycles. The lowest BCUT2D eigenvalue weighted by Crippen LogP contribution is -2.35. The number of unbranched alkanes of at least 4 members (excludes halogenated alkanes) is 1. The van der Waals surface area contributed by atoms with Crippen LogP contribution in [-0.2, 0) is 13.0 Å². The van der Waals surface area contributed by atoms with Gasteiger partial charge in [0, 0.05) is 18.1 Å². The van der Waals surface area contributed by atoms with Gasteiger partial charge in [-0.25, -0.2) is 4.79 Å². The molecule has 0 atom stereocenters. The number of nitrogens with one attached hydrogen (secondary N) is 2. The van der Waals surface area contributed by atoms with Crippen molar-refractivity contribution in [1.82, 2.24) is 10.6 Å². The predicted octanol–water partition coefficient (Wildman–Crippen LogP) is 4.16. The number of hydrogen-bond donors (Lipinski definition) is 2. The molecular weight excluding hydrogens is 296 g/mol. The van der Waals surface area contributed by atoms with Crippen LogP contribution in [0.3, 0.4) is 0 Å². The van der Waals surface area contributed by atoms with E-state index in [0.717, 1.165) is 24.8 Å². The van der Waals surface area contributed by atoms with Gasteiger partial charge in [0.1, 0.15) is 0 Å². The van der Waals surface area contributed by atoms with Gasteiger partial charge in [0.2, 0.25) is 0 Å². The normalized spacial score (nSPS) is 10.2. The number of amides is 2. The molecule has 0 saturated carbocycles. The Morgan fingerprint density at radius 2 is 1.64 bits per heavy atom. The van der Waals surface area contributed by atoms with Crippen molar-refractivity contribution in [3.8, 4) is 0 Å². The molecule has 2 N–H and O–H groups in total. The number of halogens is 1. The number of carbonyl (C=O) groups is 1. The standard InChI is InChI=1S/C18H21ClN2O/c19-17-12-5-4-11-16(17)14-21-18(22)20-13-7-6-10-15-8-2-1-3-9-15/h1-5,8-9,11-12H,6-7,10,13-14H2,(H2,20,21,22). The minimum atomic E-state index is -0.153. The van der Waals surface area contributed by atoms with E-state index in [1.54, 1.807) is 0 Å². The lowest BCUT2D eigenvalue weighted by atomic mass is 10.1. The maximum absolute atomic E-state index is 11.7. The Kier molecular flexibility index (Phi) is 6.78. The molecule has 0 aliphatic rings. The van der Waals surface area contributed by atoms with Crippen molar-refractivity contribution in [2.24, 2.45) is 0 Å². The minimum absolute atomic E-state index is 0.153. The topological polar surface area (TPSA) is 41.1 Å². The largest absolute Gasteiger partial charge is 0.338 e. The van der Waals surface area contributed by atoms with Crippen LogP contribution >= 0.6 is 11.6 Å². The van der Waals surface area contributed by atoms with Crippen LogP contribution in [0.25, 0.3) is 0 Å². The molecule has 0 heterocycles. The summed E-state index contributed by atoms with van der Waals surface area (Å²) in [6, 6.07) is 17.7. The summed E-state index contributed by atoms with van der Waals surface area (Å²) in [6.45, 7) is 1.12. The highest BCUT2D eigenvalue weighted by Gasteiger charge is 2.02. The molecular formula is C18H21ClN2O. The Morgan fingerprint density at radius 1 is 0.909 bits per heavy atom. The first-order valence-electron chi connectivity index (χ1n) is 7.55. The highest BCUT2D eigenvalue weighted by atomic mass is 35.5. The van der Waals surface area contributed by atoms with Gasteiger partial charge in [-0.1, -0.05) is 60.1 Å². The van der Waals surface area contributed by atoms with Crippen molar-refractivity contribution < 1.29 is 4.79 Å².